The summed E-state index contributed by atoms with van der Waals surface area (Å²) >= 11 is 5.87. The average Bonchev–Trinajstić information content (AvgIpc) is 2.57. The second-order valence-corrected chi connectivity index (χ2v) is 5.03. The Bertz CT molecular complexity index is 731. The number of halogens is 1. The molecule has 5 nitrogen and oxygen atoms in total. The predicted octanol–water partition coefficient (Wildman–Crippen LogP) is 3.88. The van der Waals surface area contributed by atoms with Crippen LogP contribution in [0.15, 0.2) is 61.1 Å². The monoisotopic (exact) mass is 311 g/mol. The maximum atomic E-state index is 5.87. The van der Waals surface area contributed by atoms with E-state index >= 15 is 0 Å². The maximum Gasteiger partial charge on any atom is 0.135 e. The van der Waals surface area contributed by atoms with Gasteiger partial charge in [0.15, 0.2) is 0 Å². The van der Waals surface area contributed by atoms with Gasteiger partial charge in [-0.15, -0.1) is 0 Å². The summed E-state index contributed by atoms with van der Waals surface area (Å²) in [6.07, 6.45) is 3.28. The van der Waals surface area contributed by atoms with E-state index in [-0.39, 0.29) is 0 Å². The van der Waals surface area contributed by atoms with Gasteiger partial charge in [0.1, 0.15) is 18.0 Å². The van der Waals surface area contributed by atoms with Crippen molar-refractivity contribution in [3.63, 3.8) is 0 Å². The van der Waals surface area contributed by atoms with Gasteiger partial charge in [-0.1, -0.05) is 17.7 Å². The van der Waals surface area contributed by atoms with E-state index in [1.165, 1.54) is 6.33 Å². The molecule has 0 aliphatic heterocycles. The first-order valence-corrected chi connectivity index (χ1v) is 7.16. The molecule has 2 heterocycles. The lowest BCUT2D eigenvalue weighted by Gasteiger charge is -2.08. The third kappa shape index (κ3) is 3.93. The molecule has 0 bridgehead atoms. The molecule has 1 aromatic carbocycles. The van der Waals surface area contributed by atoms with Crippen LogP contribution in [0.2, 0.25) is 5.02 Å². The Kier molecular flexibility index (Phi) is 4.46. The van der Waals surface area contributed by atoms with Crippen LogP contribution in [0, 0.1) is 0 Å². The fourth-order valence-corrected chi connectivity index (χ4v) is 2.01. The molecular weight excluding hydrogens is 298 g/mol. The summed E-state index contributed by atoms with van der Waals surface area (Å²) in [4.78, 5) is 12.7. The van der Waals surface area contributed by atoms with Gasteiger partial charge in [-0.25, -0.2) is 9.97 Å². The van der Waals surface area contributed by atoms with Crippen LogP contribution in [-0.4, -0.2) is 15.0 Å². The van der Waals surface area contributed by atoms with Crippen LogP contribution in [0.25, 0.3) is 0 Å². The van der Waals surface area contributed by atoms with E-state index in [1.807, 2.05) is 48.5 Å². The number of rotatable bonds is 5. The number of aromatic nitrogens is 3. The topological polar surface area (TPSA) is 62.7 Å². The van der Waals surface area contributed by atoms with Crippen LogP contribution in [0.4, 0.5) is 17.3 Å². The summed E-state index contributed by atoms with van der Waals surface area (Å²) in [6, 6.07) is 15.1. The lowest BCUT2D eigenvalue weighted by atomic mass is 10.3. The fraction of sp³-hybridized carbons (Fsp3) is 0.0625. The van der Waals surface area contributed by atoms with Crippen LogP contribution < -0.4 is 10.6 Å². The van der Waals surface area contributed by atoms with Crippen LogP contribution >= 0.6 is 11.6 Å². The van der Waals surface area contributed by atoms with Gasteiger partial charge in [-0.3, -0.25) is 4.98 Å². The highest BCUT2D eigenvalue weighted by Gasteiger charge is 2.00. The molecule has 3 rings (SSSR count). The maximum absolute atomic E-state index is 5.87. The van der Waals surface area contributed by atoms with Crippen molar-refractivity contribution in [3.05, 3.63) is 71.8 Å². The normalized spacial score (nSPS) is 10.2. The van der Waals surface area contributed by atoms with Crippen LogP contribution in [0.5, 0.6) is 0 Å². The van der Waals surface area contributed by atoms with E-state index in [4.69, 9.17) is 11.6 Å². The van der Waals surface area contributed by atoms with Gasteiger partial charge in [-0.2, -0.15) is 0 Å². The molecule has 2 N–H and O–H groups in total. The van der Waals surface area contributed by atoms with E-state index in [1.54, 1.807) is 6.20 Å². The van der Waals surface area contributed by atoms with Crippen molar-refractivity contribution < 1.29 is 0 Å². The SMILES string of the molecule is Clc1ccc(Nc2cc(NCc3ccccn3)ncn2)cc1. The number of pyridine rings is 1. The Balaban J connectivity index is 1.66. The molecule has 0 spiro atoms. The first-order valence-electron chi connectivity index (χ1n) is 6.78. The minimum absolute atomic E-state index is 0.609. The van der Waals surface area contributed by atoms with Crippen molar-refractivity contribution in [1.82, 2.24) is 15.0 Å². The predicted molar refractivity (Wildman–Crippen MR) is 88.3 cm³/mol. The van der Waals surface area contributed by atoms with E-state index in [0.29, 0.717) is 17.4 Å². The molecule has 0 aliphatic rings. The van der Waals surface area contributed by atoms with Crippen LogP contribution in [0.3, 0.4) is 0 Å². The van der Waals surface area contributed by atoms with Gasteiger partial charge in [0.2, 0.25) is 0 Å². The minimum atomic E-state index is 0.609. The van der Waals surface area contributed by atoms with Crippen molar-refractivity contribution in [2.24, 2.45) is 0 Å². The third-order valence-electron chi connectivity index (χ3n) is 2.96. The molecule has 0 amide bonds. The number of hydrogen-bond donors (Lipinski definition) is 2. The van der Waals surface area contributed by atoms with Crippen molar-refractivity contribution >= 4 is 28.9 Å². The van der Waals surface area contributed by atoms with Crippen LogP contribution in [-0.2, 0) is 6.54 Å². The lowest BCUT2D eigenvalue weighted by Crippen LogP contribution is -2.04. The zero-order valence-electron chi connectivity index (χ0n) is 11.7. The third-order valence-corrected chi connectivity index (χ3v) is 3.21. The second-order valence-electron chi connectivity index (χ2n) is 4.60. The average molecular weight is 312 g/mol. The molecule has 0 fully saturated rings. The molecule has 0 aliphatic carbocycles. The Morgan fingerprint density at radius 2 is 1.73 bits per heavy atom. The molecule has 3 aromatic rings. The summed E-state index contributed by atoms with van der Waals surface area (Å²) in [5, 5.41) is 7.13. The molecule has 0 unspecified atom stereocenters. The van der Waals surface area contributed by atoms with Crippen molar-refractivity contribution in [1.29, 1.82) is 0 Å². The number of hydrogen-bond acceptors (Lipinski definition) is 5. The zero-order chi connectivity index (χ0) is 15.2. The van der Waals surface area contributed by atoms with Crippen molar-refractivity contribution in [3.8, 4) is 0 Å². The Hall–Kier alpha value is -2.66. The standard InChI is InChI=1S/C16H14ClN5/c17-12-4-6-13(7-5-12)22-16-9-15(20-11-21-16)19-10-14-3-1-2-8-18-14/h1-9,11H,10H2,(H2,19,20,21,22). The molecule has 0 radical (unpaired) electrons. The Labute approximate surface area is 133 Å². The van der Waals surface area contributed by atoms with E-state index in [0.717, 1.165) is 17.2 Å². The number of benzene rings is 1. The quantitative estimate of drug-likeness (QED) is 0.748. The second kappa shape index (κ2) is 6.87. The van der Waals surface area contributed by atoms with E-state index in [9.17, 15) is 0 Å². The van der Waals surface area contributed by atoms with Gasteiger partial charge in [0.05, 0.1) is 12.2 Å². The fourth-order valence-electron chi connectivity index (χ4n) is 1.89. The van der Waals surface area contributed by atoms with E-state index in [2.05, 4.69) is 25.6 Å². The molecule has 2 aromatic heterocycles. The summed E-state index contributed by atoms with van der Waals surface area (Å²) < 4.78 is 0. The molecular formula is C16H14ClN5. The lowest BCUT2D eigenvalue weighted by molar-refractivity contribution is 1.02. The van der Waals surface area contributed by atoms with Crippen molar-refractivity contribution in [2.75, 3.05) is 10.6 Å². The Morgan fingerprint density at radius 3 is 2.50 bits per heavy atom. The molecule has 6 heteroatoms. The molecule has 0 saturated heterocycles. The van der Waals surface area contributed by atoms with Gasteiger partial charge < -0.3 is 10.6 Å². The summed E-state index contributed by atoms with van der Waals surface area (Å²) in [5.41, 5.74) is 1.87. The number of anilines is 3. The highest BCUT2D eigenvalue weighted by molar-refractivity contribution is 6.30. The van der Waals surface area contributed by atoms with Gasteiger partial charge in [0.25, 0.3) is 0 Å². The van der Waals surface area contributed by atoms with Crippen molar-refractivity contribution in [2.45, 2.75) is 6.54 Å². The molecule has 110 valence electrons. The minimum Gasteiger partial charge on any atom is -0.364 e. The number of nitrogens with zero attached hydrogens (tertiary/aromatic N) is 3. The molecule has 0 atom stereocenters. The summed E-state index contributed by atoms with van der Waals surface area (Å²) in [5.74, 6) is 1.44. The Morgan fingerprint density at radius 1 is 0.909 bits per heavy atom. The smallest absolute Gasteiger partial charge is 0.135 e. The highest BCUT2D eigenvalue weighted by Crippen LogP contribution is 2.18. The van der Waals surface area contributed by atoms with Gasteiger partial charge in [-0.05, 0) is 36.4 Å². The largest absolute Gasteiger partial charge is 0.364 e. The summed E-state index contributed by atoms with van der Waals surface area (Å²) in [6.45, 7) is 0.609. The van der Waals surface area contributed by atoms with E-state index < -0.39 is 0 Å². The molecule has 22 heavy (non-hydrogen) atoms. The zero-order valence-corrected chi connectivity index (χ0v) is 12.5. The van der Waals surface area contributed by atoms with Gasteiger partial charge in [0, 0.05) is 23.0 Å². The highest BCUT2D eigenvalue weighted by atomic mass is 35.5. The number of nitrogens with one attached hydrogen (secondary N) is 2. The summed E-state index contributed by atoms with van der Waals surface area (Å²) in [7, 11) is 0. The first kappa shape index (κ1) is 14.3. The molecule has 0 saturated carbocycles. The first-order chi connectivity index (χ1) is 10.8. The van der Waals surface area contributed by atoms with Gasteiger partial charge >= 0.3 is 0 Å². The van der Waals surface area contributed by atoms with Crippen LogP contribution in [0.1, 0.15) is 5.69 Å².